The van der Waals surface area contributed by atoms with Crippen LogP contribution in [0.25, 0.3) is 11.0 Å². The number of rotatable bonds is 6. The summed E-state index contributed by atoms with van der Waals surface area (Å²) in [5.41, 5.74) is 2.02. The number of amides is 1. The Morgan fingerprint density at radius 2 is 2.00 bits per heavy atom. The molecule has 0 atom stereocenters. The first-order chi connectivity index (χ1) is 14.9. The Morgan fingerprint density at radius 1 is 1.26 bits per heavy atom. The molecule has 1 amide bonds. The Kier molecular flexibility index (Phi) is 6.52. The van der Waals surface area contributed by atoms with Gasteiger partial charge in [0.25, 0.3) is 5.56 Å². The zero-order valence-electron chi connectivity index (χ0n) is 17.8. The number of carbonyl (C=O) groups is 1. The monoisotopic (exact) mass is 486 g/mol. The molecule has 1 aromatic carbocycles. The van der Waals surface area contributed by atoms with Gasteiger partial charge in [-0.15, -0.1) is 0 Å². The van der Waals surface area contributed by atoms with Gasteiger partial charge >= 0.3 is 0 Å². The van der Waals surface area contributed by atoms with Crippen molar-refractivity contribution < 1.29 is 4.79 Å². The first-order valence-corrected chi connectivity index (χ1v) is 11.4. The second-order valence-electron chi connectivity index (χ2n) is 8.20. The molecule has 1 saturated carbocycles. The number of para-hydroxylation sites is 1. The number of aryl methyl sites for hydroxylation is 1. The summed E-state index contributed by atoms with van der Waals surface area (Å²) in [6.07, 6.45) is 7.75. The lowest BCUT2D eigenvalue weighted by molar-refractivity contribution is -0.116. The maximum atomic E-state index is 12.8. The van der Waals surface area contributed by atoms with E-state index in [1.165, 1.54) is 47.7 Å². The van der Waals surface area contributed by atoms with Gasteiger partial charge in [0.05, 0.1) is 0 Å². The lowest BCUT2D eigenvalue weighted by Crippen LogP contribution is -2.33. The lowest BCUT2D eigenvalue weighted by Gasteiger charge is -2.31. The number of hydrogen-bond donors (Lipinski definition) is 1. The minimum Gasteiger partial charge on any atom is -0.324 e. The molecule has 0 saturated heterocycles. The molecular formula is C22H27BrN6O2. The van der Waals surface area contributed by atoms with Gasteiger partial charge in [-0.2, -0.15) is 5.10 Å². The van der Waals surface area contributed by atoms with E-state index in [1.807, 2.05) is 24.3 Å². The Morgan fingerprint density at radius 3 is 2.77 bits per heavy atom. The number of aromatic nitrogens is 4. The van der Waals surface area contributed by atoms with Gasteiger partial charge in [0, 0.05) is 25.3 Å². The van der Waals surface area contributed by atoms with Gasteiger partial charge in [0.2, 0.25) is 5.91 Å². The van der Waals surface area contributed by atoms with Crippen molar-refractivity contribution in [2.45, 2.75) is 51.2 Å². The zero-order valence-corrected chi connectivity index (χ0v) is 19.4. The van der Waals surface area contributed by atoms with Crippen molar-refractivity contribution in [1.82, 2.24) is 24.2 Å². The lowest BCUT2D eigenvalue weighted by atomic mass is 9.94. The largest absolute Gasteiger partial charge is 0.324 e. The number of nitrogens with one attached hydrogen (secondary N) is 1. The molecule has 4 rings (SSSR count). The highest BCUT2D eigenvalue weighted by Gasteiger charge is 2.20. The number of hydrogen-bond acceptors (Lipinski definition) is 5. The predicted molar refractivity (Wildman–Crippen MR) is 124 cm³/mol. The van der Waals surface area contributed by atoms with Gasteiger partial charge in [-0.05, 0) is 47.4 Å². The van der Waals surface area contributed by atoms with Crippen LogP contribution in [-0.4, -0.2) is 43.2 Å². The Hall–Kier alpha value is -2.52. The van der Waals surface area contributed by atoms with Crippen molar-refractivity contribution in [3.63, 3.8) is 0 Å². The molecule has 9 heteroatoms. The standard InChI is InChI=1S/C22H27BrN6O2/c1-27(16-9-4-3-5-10-16)12-15-8-6-7-11-17(15)25-18(30)13-29-14-24-21-19(22(29)31)20(23)26-28(21)2/h6-8,11,14,16H,3-5,9-10,12-13H2,1-2H3,(H,25,30). The van der Waals surface area contributed by atoms with E-state index in [4.69, 9.17) is 0 Å². The van der Waals surface area contributed by atoms with Gasteiger partial charge in [-0.3, -0.25) is 19.1 Å². The van der Waals surface area contributed by atoms with Crippen LogP contribution in [0.1, 0.15) is 37.7 Å². The average molecular weight is 487 g/mol. The molecule has 0 bridgehead atoms. The Balaban J connectivity index is 1.48. The summed E-state index contributed by atoms with van der Waals surface area (Å²) < 4.78 is 3.26. The van der Waals surface area contributed by atoms with Gasteiger partial charge in [-0.1, -0.05) is 37.5 Å². The quantitative estimate of drug-likeness (QED) is 0.577. The second-order valence-corrected chi connectivity index (χ2v) is 8.95. The molecule has 1 aliphatic rings. The first kappa shape index (κ1) is 21.7. The maximum Gasteiger partial charge on any atom is 0.266 e. The minimum absolute atomic E-state index is 0.115. The van der Waals surface area contributed by atoms with Gasteiger partial charge in [0.1, 0.15) is 22.9 Å². The fourth-order valence-electron chi connectivity index (χ4n) is 4.29. The summed E-state index contributed by atoms with van der Waals surface area (Å²) in [5, 5.41) is 7.51. The third-order valence-corrected chi connectivity index (χ3v) is 6.55. The normalized spacial score (nSPS) is 15.0. The summed E-state index contributed by atoms with van der Waals surface area (Å²) in [6.45, 7) is 0.660. The average Bonchev–Trinajstić information content (AvgIpc) is 3.06. The maximum absolute atomic E-state index is 12.8. The van der Waals surface area contributed by atoms with Crippen molar-refractivity contribution in [2.24, 2.45) is 7.05 Å². The van der Waals surface area contributed by atoms with E-state index < -0.39 is 0 Å². The topological polar surface area (TPSA) is 85.1 Å². The van der Waals surface area contributed by atoms with E-state index in [-0.39, 0.29) is 18.0 Å². The first-order valence-electron chi connectivity index (χ1n) is 10.6. The molecule has 2 aromatic heterocycles. The molecule has 31 heavy (non-hydrogen) atoms. The van der Waals surface area contributed by atoms with Crippen LogP contribution >= 0.6 is 15.9 Å². The summed E-state index contributed by atoms with van der Waals surface area (Å²) in [4.78, 5) is 32.2. The van der Waals surface area contributed by atoms with Crippen molar-refractivity contribution in [3.05, 3.63) is 51.1 Å². The molecular weight excluding hydrogens is 460 g/mol. The summed E-state index contributed by atoms with van der Waals surface area (Å²) >= 11 is 3.30. The highest BCUT2D eigenvalue weighted by molar-refractivity contribution is 9.10. The highest BCUT2D eigenvalue weighted by Crippen LogP contribution is 2.25. The molecule has 0 aliphatic heterocycles. The molecule has 1 aliphatic carbocycles. The number of halogens is 1. The second kappa shape index (κ2) is 9.32. The number of fused-ring (bicyclic) bond motifs is 1. The van der Waals surface area contributed by atoms with Crippen molar-refractivity contribution in [1.29, 1.82) is 0 Å². The van der Waals surface area contributed by atoms with Crippen molar-refractivity contribution in [3.8, 4) is 0 Å². The Labute approximate surface area is 189 Å². The molecule has 2 heterocycles. The molecule has 0 radical (unpaired) electrons. The van der Waals surface area contributed by atoms with Crippen molar-refractivity contribution >= 4 is 38.6 Å². The van der Waals surface area contributed by atoms with E-state index in [9.17, 15) is 9.59 Å². The van der Waals surface area contributed by atoms with Crippen LogP contribution in [0.15, 0.2) is 40.0 Å². The van der Waals surface area contributed by atoms with E-state index in [0.717, 1.165) is 17.8 Å². The van der Waals surface area contributed by atoms with E-state index in [1.54, 1.807) is 7.05 Å². The number of benzene rings is 1. The third kappa shape index (κ3) is 4.72. The minimum atomic E-state index is -0.301. The van der Waals surface area contributed by atoms with Crippen LogP contribution < -0.4 is 10.9 Å². The summed E-state index contributed by atoms with van der Waals surface area (Å²) in [7, 11) is 3.87. The van der Waals surface area contributed by atoms with Crippen LogP contribution in [-0.2, 0) is 24.9 Å². The van der Waals surface area contributed by atoms with E-state index in [0.29, 0.717) is 21.7 Å². The fourth-order valence-corrected chi connectivity index (χ4v) is 4.88. The highest BCUT2D eigenvalue weighted by atomic mass is 79.9. The van der Waals surface area contributed by atoms with E-state index >= 15 is 0 Å². The van der Waals surface area contributed by atoms with E-state index in [2.05, 4.69) is 43.3 Å². The SMILES string of the molecule is CN(Cc1ccccc1NC(=O)Cn1cnc2c(c(Br)nn2C)c1=O)C1CCCCC1. The molecule has 3 aromatic rings. The summed E-state index contributed by atoms with van der Waals surface area (Å²) in [5.74, 6) is -0.268. The van der Waals surface area contributed by atoms with Crippen LogP contribution in [0, 0.1) is 0 Å². The molecule has 1 N–H and O–H groups in total. The fraction of sp³-hybridized carbons (Fsp3) is 0.455. The Bertz CT molecular complexity index is 1150. The zero-order chi connectivity index (χ0) is 22.0. The smallest absolute Gasteiger partial charge is 0.266 e. The van der Waals surface area contributed by atoms with Crippen LogP contribution in [0.2, 0.25) is 0 Å². The van der Waals surface area contributed by atoms with Gasteiger partial charge < -0.3 is 5.32 Å². The molecule has 0 spiro atoms. The van der Waals surface area contributed by atoms with Crippen LogP contribution in [0.5, 0.6) is 0 Å². The predicted octanol–water partition coefficient (Wildman–Crippen LogP) is 3.30. The third-order valence-electron chi connectivity index (χ3n) is 5.99. The molecule has 1 fully saturated rings. The van der Waals surface area contributed by atoms with Crippen LogP contribution in [0.3, 0.4) is 0 Å². The molecule has 8 nitrogen and oxygen atoms in total. The number of nitrogens with zero attached hydrogens (tertiary/aromatic N) is 5. The molecule has 0 unspecified atom stereocenters. The van der Waals surface area contributed by atoms with Crippen molar-refractivity contribution in [2.75, 3.05) is 12.4 Å². The number of anilines is 1. The van der Waals surface area contributed by atoms with Crippen LogP contribution in [0.4, 0.5) is 5.69 Å². The molecule has 164 valence electrons. The summed E-state index contributed by atoms with van der Waals surface area (Å²) in [6, 6.07) is 8.44. The number of carbonyl (C=O) groups excluding carboxylic acids is 1. The van der Waals surface area contributed by atoms with Gasteiger partial charge in [-0.25, -0.2) is 9.67 Å². The van der Waals surface area contributed by atoms with Gasteiger partial charge in [0.15, 0.2) is 5.65 Å².